The first-order chi connectivity index (χ1) is 7.93. The number of hydrogen-bond acceptors (Lipinski definition) is 1. The lowest BCUT2D eigenvalue weighted by molar-refractivity contribution is -0.136. The molecule has 1 heterocycles. The van der Waals surface area contributed by atoms with Gasteiger partial charge in [-0.2, -0.15) is 13.2 Å². The number of benzene rings is 1. The normalized spacial score (nSPS) is 14.2. The molecule has 0 bridgehead atoms. The van der Waals surface area contributed by atoms with Crippen molar-refractivity contribution < 1.29 is 13.2 Å². The topological polar surface area (TPSA) is 27.8 Å². The van der Waals surface area contributed by atoms with Gasteiger partial charge in [-0.25, -0.2) is 0 Å². The van der Waals surface area contributed by atoms with E-state index in [0.717, 1.165) is 11.8 Å². The average Bonchev–Trinajstić information content (AvgIpc) is 2.69. The number of fused-ring (bicyclic) bond motifs is 1. The second kappa shape index (κ2) is 4.07. The van der Waals surface area contributed by atoms with Crippen LogP contribution in [-0.2, 0) is 6.18 Å². The lowest BCUT2D eigenvalue weighted by atomic mass is 10.1. The summed E-state index contributed by atoms with van der Waals surface area (Å²) in [6.45, 7) is 1.89. The summed E-state index contributed by atoms with van der Waals surface area (Å²) in [4.78, 5) is 2.84. The number of hydrogen-bond donors (Lipinski definition) is 2. The van der Waals surface area contributed by atoms with Gasteiger partial charge in [0.15, 0.2) is 0 Å². The summed E-state index contributed by atoms with van der Waals surface area (Å²) in [6, 6.07) is 5.92. The van der Waals surface area contributed by atoms with Crippen LogP contribution in [0.1, 0.15) is 24.2 Å². The van der Waals surface area contributed by atoms with E-state index in [9.17, 15) is 13.2 Å². The molecule has 1 atom stereocenters. The molecule has 1 unspecified atom stereocenters. The Bertz CT molecular complexity index is 528. The van der Waals surface area contributed by atoms with Gasteiger partial charge in [-0.1, -0.05) is 12.1 Å². The van der Waals surface area contributed by atoms with Crippen molar-refractivity contribution in [1.29, 1.82) is 0 Å². The van der Waals surface area contributed by atoms with Gasteiger partial charge < -0.3 is 10.3 Å². The standard InChI is InChI=1S/C12H13F3N2/c1-7(16-2)10-6-8-4-3-5-9(11(8)17-10)12(13,14)15/h3-7,16-17H,1-2H3. The maximum atomic E-state index is 12.8. The minimum Gasteiger partial charge on any atom is -0.357 e. The number of para-hydroxylation sites is 1. The van der Waals surface area contributed by atoms with Crippen molar-refractivity contribution in [2.75, 3.05) is 7.05 Å². The number of aromatic nitrogens is 1. The molecule has 0 aliphatic heterocycles. The Labute approximate surface area is 96.8 Å². The molecule has 2 aromatic rings. The van der Waals surface area contributed by atoms with Crippen LogP contribution in [0.15, 0.2) is 24.3 Å². The van der Waals surface area contributed by atoms with Gasteiger partial charge in [0.1, 0.15) is 0 Å². The van der Waals surface area contributed by atoms with Crippen LogP contribution in [0.3, 0.4) is 0 Å². The quantitative estimate of drug-likeness (QED) is 0.829. The molecule has 0 saturated carbocycles. The van der Waals surface area contributed by atoms with Crippen LogP contribution in [-0.4, -0.2) is 12.0 Å². The number of rotatable bonds is 2. The molecule has 92 valence electrons. The Balaban J connectivity index is 2.61. The predicted molar refractivity (Wildman–Crippen MR) is 60.8 cm³/mol. The zero-order valence-corrected chi connectivity index (χ0v) is 9.52. The summed E-state index contributed by atoms with van der Waals surface area (Å²) >= 11 is 0. The first kappa shape index (κ1) is 12.0. The maximum Gasteiger partial charge on any atom is 0.418 e. The van der Waals surface area contributed by atoms with E-state index in [4.69, 9.17) is 0 Å². The van der Waals surface area contributed by atoms with Crippen LogP contribution in [0.25, 0.3) is 10.9 Å². The van der Waals surface area contributed by atoms with Gasteiger partial charge in [-0.05, 0) is 26.1 Å². The zero-order chi connectivity index (χ0) is 12.6. The summed E-state index contributed by atoms with van der Waals surface area (Å²) in [6.07, 6.45) is -4.33. The number of H-pyrrole nitrogens is 1. The molecule has 0 spiro atoms. The first-order valence-corrected chi connectivity index (χ1v) is 5.29. The highest BCUT2D eigenvalue weighted by molar-refractivity contribution is 5.84. The van der Waals surface area contributed by atoms with Crippen LogP contribution < -0.4 is 5.32 Å². The number of aromatic amines is 1. The lowest BCUT2D eigenvalue weighted by Gasteiger charge is -2.08. The van der Waals surface area contributed by atoms with Gasteiger partial charge >= 0.3 is 6.18 Å². The third-order valence-corrected chi connectivity index (χ3v) is 2.88. The highest BCUT2D eigenvalue weighted by Crippen LogP contribution is 2.35. The third-order valence-electron chi connectivity index (χ3n) is 2.88. The van der Waals surface area contributed by atoms with Crippen molar-refractivity contribution >= 4 is 10.9 Å². The van der Waals surface area contributed by atoms with E-state index >= 15 is 0 Å². The van der Waals surface area contributed by atoms with E-state index in [1.54, 1.807) is 19.2 Å². The van der Waals surface area contributed by atoms with Crippen molar-refractivity contribution in [2.45, 2.75) is 19.1 Å². The molecule has 2 N–H and O–H groups in total. The molecule has 0 amide bonds. The lowest BCUT2D eigenvalue weighted by Crippen LogP contribution is -2.12. The van der Waals surface area contributed by atoms with Crippen molar-refractivity contribution in [2.24, 2.45) is 0 Å². The minimum absolute atomic E-state index is 0.0107. The minimum atomic E-state index is -4.33. The molecular weight excluding hydrogens is 229 g/mol. The van der Waals surface area contributed by atoms with E-state index in [2.05, 4.69) is 10.3 Å². The fourth-order valence-electron chi connectivity index (χ4n) is 1.80. The smallest absolute Gasteiger partial charge is 0.357 e. The Morgan fingerprint density at radius 3 is 2.59 bits per heavy atom. The van der Waals surface area contributed by atoms with E-state index in [-0.39, 0.29) is 11.6 Å². The SMILES string of the molecule is CNC(C)c1cc2cccc(C(F)(F)F)c2[nH]1. The predicted octanol–water partition coefficient (Wildman–Crippen LogP) is 3.47. The molecule has 0 radical (unpaired) electrons. The second-order valence-corrected chi connectivity index (χ2v) is 4.00. The Kier molecular flexibility index (Phi) is 2.87. The van der Waals surface area contributed by atoms with Gasteiger partial charge in [-0.15, -0.1) is 0 Å². The van der Waals surface area contributed by atoms with Gasteiger partial charge in [-0.3, -0.25) is 0 Å². The van der Waals surface area contributed by atoms with Gasteiger partial charge in [0.2, 0.25) is 0 Å². The molecular formula is C12H13F3N2. The molecule has 0 saturated heterocycles. The second-order valence-electron chi connectivity index (χ2n) is 4.00. The van der Waals surface area contributed by atoms with Gasteiger partial charge in [0.05, 0.1) is 11.1 Å². The molecule has 2 nitrogen and oxygen atoms in total. The molecule has 5 heteroatoms. The van der Waals surface area contributed by atoms with E-state index in [1.165, 1.54) is 6.07 Å². The van der Waals surface area contributed by atoms with Crippen molar-refractivity contribution in [3.8, 4) is 0 Å². The molecule has 17 heavy (non-hydrogen) atoms. The number of nitrogens with one attached hydrogen (secondary N) is 2. The Hall–Kier alpha value is -1.49. The van der Waals surface area contributed by atoms with E-state index in [1.807, 2.05) is 6.92 Å². The molecule has 2 rings (SSSR count). The number of halogens is 3. The Morgan fingerprint density at radius 2 is 2.00 bits per heavy atom. The number of alkyl halides is 3. The van der Waals surface area contributed by atoms with Gasteiger partial charge in [0, 0.05) is 17.1 Å². The fourth-order valence-corrected chi connectivity index (χ4v) is 1.80. The monoisotopic (exact) mass is 242 g/mol. The van der Waals surface area contributed by atoms with Crippen LogP contribution in [0.4, 0.5) is 13.2 Å². The molecule has 0 fully saturated rings. The molecule has 1 aromatic carbocycles. The summed E-state index contributed by atoms with van der Waals surface area (Å²) in [5.74, 6) is 0. The van der Waals surface area contributed by atoms with Crippen molar-refractivity contribution in [1.82, 2.24) is 10.3 Å². The summed E-state index contributed by atoms with van der Waals surface area (Å²) in [5.41, 5.74) is 0.279. The van der Waals surface area contributed by atoms with E-state index < -0.39 is 11.7 Å². The van der Waals surface area contributed by atoms with Crippen molar-refractivity contribution in [3.63, 3.8) is 0 Å². The van der Waals surface area contributed by atoms with Crippen molar-refractivity contribution in [3.05, 3.63) is 35.5 Å². The van der Waals surface area contributed by atoms with Crippen LogP contribution >= 0.6 is 0 Å². The van der Waals surface area contributed by atoms with Crippen LogP contribution in [0.2, 0.25) is 0 Å². The zero-order valence-electron chi connectivity index (χ0n) is 9.52. The Morgan fingerprint density at radius 1 is 1.29 bits per heavy atom. The van der Waals surface area contributed by atoms with Crippen LogP contribution in [0, 0.1) is 0 Å². The molecule has 1 aromatic heterocycles. The fraction of sp³-hybridized carbons (Fsp3) is 0.333. The molecule has 0 aliphatic carbocycles. The summed E-state index contributed by atoms with van der Waals surface area (Å²) in [7, 11) is 1.76. The van der Waals surface area contributed by atoms with E-state index in [0.29, 0.717) is 5.39 Å². The highest BCUT2D eigenvalue weighted by Gasteiger charge is 2.33. The average molecular weight is 242 g/mol. The van der Waals surface area contributed by atoms with Crippen LogP contribution in [0.5, 0.6) is 0 Å². The highest BCUT2D eigenvalue weighted by atomic mass is 19.4. The maximum absolute atomic E-state index is 12.8. The van der Waals surface area contributed by atoms with Gasteiger partial charge in [0.25, 0.3) is 0 Å². The summed E-state index contributed by atoms with van der Waals surface area (Å²) < 4.78 is 38.3. The third kappa shape index (κ3) is 2.15. The first-order valence-electron chi connectivity index (χ1n) is 5.29. The summed E-state index contributed by atoms with van der Waals surface area (Å²) in [5, 5.41) is 3.57. The molecule has 0 aliphatic rings. The largest absolute Gasteiger partial charge is 0.418 e.